The summed E-state index contributed by atoms with van der Waals surface area (Å²) in [6.07, 6.45) is 0. The summed E-state index contributed by atoms with van der Waals surface area (Å²) in [5.74, 6) is 0. The van der Waals surface area contributed by atoms with Crippen molar-refractivity contribution in [2.45, 2.75) is 0 Å². The second-order valence-electron chi connectivity index (χ2n) is 0.583. The van der Waals surface area contributed by atoms with E-state index in [1.54, 1.807) is 0 Å². The van der Waals surface area contributed by atoms with Crippen LogP contribution in [0, 0.1) is 0 Å². The van der Waals surface area contributed by atoms with Gasteiger partial charge in [-0.2, -0.15) is 0 Å². The van der Waals surface area contributed by atoms with Crippen molar-refractivity contribution < 1.29 is 0 Å². The van der Waals surface area contributed by atoms with Crippen LogP contribution >= 0.6 is 60.7 Å². The summed E-state index contributed by atoms with van der Waals surface area (Å²) < 4.78 is 0. The normalized spacial score (nSPS) is 19.2. The van der Waals surface area contributed by atoms with Gasteiger partial charge in [-0.1, -0.05) is 0 Å². The van der Waals surface area contributed by atoms with Gasteiger partial charge in [-0.3, -0.25) is 0 Å². The fourth-order valence-corrected chi connectivity index (χ4v) is 0. The van der Waals surface area contributed by atoms with Gasteiger partial charge in [0.2, 0.25) is 0 Å². The summed E-state index contributed by atoms with van der Waals surface area (Å²) in [4.78, 5) is 0. The van der Waals surface area contributed by atoms with Gasteiger partial charge in [0.25, 0.3) is 0 Å². The van der Waals surface area contributed by atoms with Gasteiger partial charge in [0.15, 0.2) is 0 Å². The van der Waals surface area contributed by atoms with Crippen LogP contribution in [0.2, 0.25) is 0 Å². The summed E-state index contributed by atoms with van der Waals surface area (Å²) in [5, 5.41) is 0. The molecule has 0 N–H and O–H groups in total. The predicted octanol–water partition coefficient (Wildman–Crippen LogP) is 3.85. The molecule has 0 aliphatic heterocycles. The molecule has 0 heterocycles. The van der Waals surface area contributed by atoms with E-state index in [1.165, 1.54) is 0 Å². The fourth-order valence-electron chi connectivity index (χ4n) is 0. The molecule has 0 spiro atoms. The van der Waals surface area contributed by atoms with E-state index in [0.29, 0.717) is 0 Å². The first-order chi connectivity index (χ1) is 2.24. The van der Waals surface area contributed by atoms with E-state index < -0.39 is 7.22 Å². The summed E-state index contributed by atoms with van der Waals surface area (Å²) >= 11 is 16.8. The van der Waals surface area contributed by atoms with Crippen LogP contribution in [0.15, 0.2) is 0 Å². The van der Waals surface area contributed by atoms with Crippen molar-refractivity contribution in [1.29, 1.82) is 0 Å². The van der Waals surface area contributed by atoms with E-state index >= 15 is 0 Å². The molecule has 1 radical (unpaired) electrons. The van der Waals surface area contributed by atoms with Gasteiger partial charge in [-0.15, -0.1) is 0 Å². The Morgan fingerprint density at radius 1 is 0.667 bits per heavy atom. The third-order valence-electron chi connectivity index (χ3n) is 0. The maximum absolute atomic E-state index is 3.35. The molecule has 0 aromatic heterocycles. The quantitative estimate of drug-likeness (QED) is 0.393. The zero-order chi connectivity index (χ0) is 5.45. The van der Waals surface area contributed by atoms with Crippen LogP contribution < -0.4 is 0 Å². The first-order valence-electron chi connectivity index (χ1n) is 0.772. The Bertz CT molecular complexity index is 37.1. The Kier molecular flexibility index (Phi) is 3.87. The van der Waals surface area contributed by atoms with Crippen LogP contribution in [0.4, 0.5) is 0 Å². The van der Waals surface area contributed by atoms with Crippen LogP contribution in [-0.4, -0.2) is 7.22 Å². The molecule has 0 bridgehead atoms. The predicted molar refractivity (Wildman–Crippen MR) is 50.4 cm³/mol. The zero-order valence-electron chi connectivity index (χ0n) is 2.30. The van der Waals surface area contributed by atoms with Crippen LogP contribution in [0.3, 0.4) is 0 Å². The standard InChI is InChI=1S/5BrH.Po/h5*1H;/q;;;;;+5/p-5. The molecular formula is Br5Po. The minimum atomic E-state index is -2.69. The Hall–Kier alpha value is 3.30. The van der Waals surface area contributed by atoms with E-state index in [0.717, 1.165) is 0 Å². The Balaban J connectivity index is 3.73. The van der Waals surface area contributed by atoms with Crippen LogP contribution in [0.1, 0.15) is 0 Å². The summed E-state index contributed by atoms with van der Waals surface area (Å²) in [6, 6.07) is 0. The summed E-state index contributed by atoms with van der Waals surface area (Å²) in [5.41, 5.74) is 0. The van der Waals surface area contributed by atoms with Crippen molar-refractivity contribution in [3.05, 3.63) is 0 Å². The molecule has 0 unspecified atom stereocenters. The van der Waals surface area contributed by atoms with Gasteiger partial charge in [-0.25, -0.2) is 0 Å². The third kappa shape index (κ3) is 26.6. The zero-order valence-corrected chi connectivity index (χ0v) is 13.4. The molecule has 0 aromatic rings. The molecule has 0 aromatic carbocycles. The Morgan fingerprint density at radius 2 is 0.667 bits per heavy atom. The van der Waals surface area contributed by atoms with Crippen LogP contribution in [-0.2, 0) is 0 Å². The van der Waals surface area contributed by atoms with E-state index in [1.807, 2.05) is 0 Å². The second-order valence-corrected chi connectivity index (χ2v) is 138. The van der Waals surface area contributed by atoms with Gasteiger partial charge >= 0.3 is 67.9 Å². The molecule has 0 saturated heterocycles. The molecule has 0 aliphatic rings. The number of hydrogen-bond donors (Lipinski definition) is 0. The molecule has 0 rings (SSSR count). The van der Waals surface area contributed by atoms with Gasteiger partial charge in [-0.05, 0) is 0 Å². The molecule has 41 valence electrons. The SMILES string of the molecule is [Br][Po]([Br])([Br])([Br])[Br]. The first kappa shape index (κ1) is 9.30. The topological polar surface area (TPSA) is 0 Å². The van der Waals surface area contributed by atoms with Crippen molar-refractivity contribution in [2.75, 3.05) is 0 Å². The molecule has 0 saturated carbocycles. The summed E-state index contributed by atoms with van der Waals surface area (Å²) in [7, 11) is -2.69. The molecule has 6 heavy (non-hydrogen) atoms. The van der Waals surface area contributed by atoms with Gasteiger partial charge < -0.3 is 0 Å². The Labute approximate surface area is 66.0 Å². The average molecular weight is 609 g/mol. The molecule has 0 fully saturated rings. The molecule has 0 atom stereocenters. The van der Waals surface area contributed by atoms with E-state index in [2.05, 4.69) is 60.7 Å². The average Bonchev–Trinajstić information content (AvgIpc) is 0.650. The molecule has 0 amide bonds. The van der Waals surface area contributed by atoms with Gasteiger partial charge in [0.1, 0.15) is 0 Å². The van der Waals surface area contributed by atoms with E-state index in [4.69, 9.17) is 0 Å². The van der Waals surface area contributed by atoms with E-state index in [-0.39, 0.29) is 0 Å². The summed E-state index contributed by atoms with van der Waals surface area (Å²) in [6.45, 7) is 0. The van der Waals surface area contributed by atoms with Crippen molar-refractivity contribution in [3.8, 4) is 0 Å². The monoisotopic (exact) mass is 604 g/mol. The number of halogens is 5. The van der Waals surface area contributed by atoms with Crippen molar-refractivity contribution in [2.24, 2.45) is 0 Å². The van der Waals surface area contributed by atoms with Crippen LogP contribution in [0.25, 0.3) is 0 Å². The number of hydrogen-bond acceptors (Lipinski definition) is 0. The molecule has 6 heteroatoms. The van der Waals surface area contributed by atoms with Crippen molar-refractivity contribution >= 4 is 67.9 Å². The minimum absolute atomic E-state index is 2.69. The van der Waals surface area contributed by atoms with E-state index in [9.17, 15) is 0 Å². The van der Waals surface area contributed by atoms with Crippen LogP contribution in [0.5, 0.6) is 0 Å². The second kappa shape index (κ2) is 2.50. The molecule has 0 nitrogen and oxygen atoms in total. The molecular weight excluding hydrogens is 609 g/mol. The van der Waals surface area contributed by atoms with Gasteiger partial charge in [0, 0.05) is 0 Å². The van der Waals surface area contributed by atoms with Crippen molar-refractivity contribution in [3.63, 3.8) is 0 Å². The third-order valence-corrected chi connectivity index (χ3v) is 0. The van der Waals surface area contributed by atoms with Gasteiger partial charge in [0.05, 0.1) is 0 Å². The first-order valence-corrected chi connectivity index (χ1v) is 35.2. The number of rotatable bonds is 0. The fraction of sp³-hybridized carbons (Fsp3) is 0. The molecule has 0 aliphatic carbocycles. The Morgan fingerprint density at radius 3 is 0.667 bits per heavy atom. The maximum atomic E-state index is 3.35. The van der Waals surface area contributed by atoms with Crippen molar-refractivity contribution in [1.82, 2.24) is 0 Å².